The van der Waals surface area contributed by atoms with E-state index < -0.39 is 0 Å². The summed E-state index contributed by atoms with van der Waals surface area (Å²) in [5.74, 6) is 2.63. The fraction of sp³-hybridized carbons (Fsp3) is 1.00. The Morgan fingerprint density at radius 1 is 1.09 bits per heavy atom. The molecular formula is C8H16N2S. The molecule has 0 atom stereocenters. The van der Waals surface area contributed by atoms with Gasteiger partial charge in [-0.3, -0.25) is 0 Å². The van der Waals surface area contributed by atoms with Crippen molar-refractivity contribution in [2.24, 2.45) is 0 Å². The first kappa shape index (κ1) is 7.90. The third-order valence-corrected chi connectivity index (χ3v) is 3.93. The summed E-state index contributed by atoms with van der Waals surface area (Å²) in [6.07, 6.45) is 2.64. The maximum absolute atomic E-state index is 3.67. The van der Waals surface area contributed by atoms with Gasteiger partial charge in [-0.25, -0.2) is 0 Å². The summed E-state index contributed by atoms with van der Waals surface area (Å²) in [6.45, 7) is 3.62. The highest BCUT2D eigenvalue weighted by atomic mass is 32.2. The second-order valence-electron chi connectivity index (χ2n) is 3.51. The maximum Gasteiger partial charge on any atom is 0.0296 e. The van der Waals surface area contributed by atoms with Crippen LogP contribution in [0.4, 0.5) is 0 Å². The molecule has 0 amide bonds. The van der Waals surface area contributed by atoms with Gasteiger partial charge in [0.25, 0.3) is 0 Å². The van der Waals surface area contributed by atoms with Gasteiger partial charge in [0.05, 0.1) is 0 Å². The molecule has 0 aromatic carbocycles. The molecule has 0 saturated carbocycles. The molecule has 11 heavy (non-hydrogen) atoms. The van der Waals surface area contributed by atoms with Crippen LogP contribution < -0.4 is 10.6 Å². The van der Waals surface area contributed by atoms with Crippen LogP contribution in [0.2, 0.25) is 0 Å². The predicted octanol–water partition coefficient (Wildman–Crippen LogP) is 0.445. The highest BCUT2D eigenvalue weighted by Crippen LogP contribution is 2.26. The summed E-state index contributed by atoms with van der Waals surface area (Å²) in [6, 6.07) is 0. The van der Waals surface area contributed by atoms with Crippen LogP contribution in [0.5, 0.6) is 0 Å². The van der Waals surface area contributed by atoms with Crippen molar-refractivity contribution >= 4 is 11.8 Å². The van der Waals surface area contributed by atoms with Gasteiger partial charge in [0.15, 0.2) is 0 Å². The Morgan fingerprint density at radius 2 is 1.91 bits per heavy atom. The van der Waals surface area contributed by atoms with Crippen LogP contribution in [-0.4, -0.2) is 36.7 Å². The highest BCUT2D eigenvalue weighted by Gasteiger charge is 2.32. The molecule has 2 aliphatic heterocycles. The highest BCUT2D eigenvalue weighted by molar-refractivity contribution is 7.99. The molecule has 2 fully saturated rings. The molecule has 2 N–H and O–H groups in total. The summed E-state index contributed by atoms with van der Waals surface area (Å²) >= 11 is 2.11. The molecule has 2 saturated heterocycles. The second kappa shape index (κ2) is 3.33. The predicted molar refractivity (Wildman–Crippen MR) is 50.2 cm³/mol. The summed E-state index contributed by atoms with van der Waals surface area (Å²) in [5, 5.41) is 7.08. The molecule has 2 rings (SSSR count). The van der Waals surface area contributed by atoms with Gasteiger partial charge in [-0.05, 0) is 25.9 Å². The van der Waals surface area contributed by atoms with Gasteiger partial charge in [-0.1, -0.05) is 0 Å². The van der Waals surface area contributed by atoms with Crippen LogP contribution >= 0.6 is 11.8 Å². The van der Waals surface area contributed by atoms with E-state index in [4.69, 9.17) is 0 Å². The van der Waals surface area contributed by atoms with E-state index in [1.165, 1.54) is 44.0 Å². The Morgan fingerprint density at radius 3 is 2.55 bits per heavy atom. The number of thioether (sulfide) groups is 1. The van der Waals surface area contributed by atoms with Crippen molar-refractivity contribution in [3.05, 3.63) is 0 Å². The van der Waals surface area contributed by atoms with Gasteiger partial charge in [-0.2, -0.15) is 11.8 Å². The van der Waals surface area contributed by atoms with E-state index in [0.717, 1.165) is 0 Å². The van der Waals surface area contributed by atoms with E-state index >= 15 is 0 Å². The van der Waals surface area contributed by atoms with E-state index in [2.05, 4.69) is 22.4 Å². The zero-order valence-electron chi connectivity index (χ0n) is 6.86. The second-order valence-corrected chi connectivity index (χ2v) is 4.61. The van der Waals surface area contributed by atoms with Crippen LogP contribution in [0.1, 0.15) is 12.8 Å². The van der Waals surface area contributed by atoms with Gasteiger partial charge in [0.2, 0.25) is 0 Å². The Bertz CT molecular complexity index is 107. The monoisotopic (exact) mass is 172 g/mol. The van der Waals surface area contributed by atoms with Crippen LogP contribution in [0.3, 0.4) is 0 Å². The van der Waals surface area contributed by atoms with Crippen molar-refractivity contribution in [2.75, 3.05) is 31.1 Å². The Labute approximate surface area is 72.5 Å². The molecule has 0 radical (unpaired) electrons. The molecular weight excluding hydrogens is 156 g/mol. The Kier molecular flexibility index (Phi) is 2.39. The molecule has 0 bridgehead atoms. The lowest BCUT2D eigenvalue weighted by Crippen LogP contribution is -2.56. The number of piperidine rings is 1. The normalized spacial score (nSPS) is 30.5. The van der Waals surface area contributed by atoms with Gasteiger partial charge in [0.1, 0.15) is 0 Å². The summed E-state index contributed by atoms with van der Waals surface area (Å²) < 4.78 is 0. The Hall–Kier alpha value is 0.270. The first-order valence-electron chi connectivity index (χ1n) is 4.45. The first-order valence-corrected chi connectivity index (χ1v) is 5.60. The number of nitrogens with one attached hydrogen (secondary N) is 2. The minimum Gasteiger partial charge on any atom is -0.317 e. The van der Waals surface area contributed by atoms with E-state index in [-0.39, 0.29) is 0 Å². The topological polar surface area (TPSA) is 24.1 Å². The standard InChI is InChI=1S/C8H16N2S/c1-3-9-4-2-8(1)7-11-6-5-10-8/h9-10H,1-7H2. The zero-order chi connectivity index (χ0) is 7.57. The van der Waals surface area contributed by atoms with Crippen molar-refractivity contribution < 1.29 is 0 Å². The first-order chi connectivity index (χ1) is 5.41. The summed E-state index contributed by atoms with van der Waals surface area (Å²) in [5.41, 5.74) is 0.508. The fourth-order valence-electron chi connectivity index (χ4n) is 1.93. The van der Waals surface area contributed by atoms with Crippen molar-refractivity contribution in [1.29, 1.82) is 0 Å². The van der Waals surface area contributed by atoms with Crippen LogP contribution in [0.15, 0.2) is 0 Å². The van der Waals surface area contributed by atoms with Gasteiger partial charge >= 0.3 is 0 Å². The van der Waals surface area contributed by atoms with Crippen molar-refractivity contribution in [2.45, 2.75) is 18.4 Å². The van der Waals surface area contributed by atoms with Crippen molar-refractivity contribution in [3.63, 3.8) is 0 Å². The third-order valence-electron chi connectivity index (χ3n) is 2.69. The van der Waals surface area contributed by atoms with E-state index in [1.54, 1.807) is 0 Å². The van der Waals surface area contributed by atoms with Gasteiger partial charge < -0.3 is 10.6 Å². The van der Waals surface area contributed by atoms with E-state index in [0.29, 0.717) is 5.54 Å². The van der Waals surface area contributed by atoms with Gasteiger partial charge in [-0.15, -0.1) is 0 Å². The summed E-state index contributed by atoms with van der Waals surface area (Å²) in [4.78, 5) is 0. The smallest absolute Gasteiger partial charge is 0.0296 e. The fourth-order valence-corrected chi connectivity index (χ4v) is 3.11. The summed E-state index contributed by atoms with van der Waals surface area (Å²) in [7, 11) is 0. The van der Waals surface area contributed by atoms with Crippen molar-refractivity contribution in [1.82, 2.24) is 10.6 Å². The molecule has 64 valence electrons. The molecule has 0 aromatic heterocycles. The third kappa shape index (κ3) is 1.71. The molecule has 0 aromatic rings. The average Bonchev–Trinajstić information content (AvgIpc) is 2.07. The zero-order valence-corrected chi connectivity index (χ0v) is 7.67. The van der Waals surface area contributed by atoms with Crippen molar-refractivity contribution in [3.8, 4) is 0 Å². The van der Waals surface area contributed by atoms with E-state index in [1.807, 2.05) is 0 Å². The van der Waals surface area contributed by atoms with E-state index in [9.17, 15) is 0 Å². The maximum atomic E-state index is 3.67. The molecule has 1 spiro atoms. The number of hydrogen-bond donors (Lipinski definition) is 2. The largest absolute Gasteiger partial charge is 0.317 e. The molecule has 0 aliphatic carbocycles. The van der Waals surface area contributed by atoms with Crippen LogP contribution in [-0.2, 0) is 0 Å². The Balaban J connectivity index is 1.94. The lowest BCUT2D eigenvalue weighted by molar-refractivity contribution is 0.273. The van der Waals surface area contributed by atoms with Crippen LogP contribution in [0.25, 0.3) is 0 Å². The molecule has 0 unspecified atom stereocenters. The molecule has 2 heterocycles. The average molecular weight is 172 g/mol. The minimum atomic E-state index is 0.508. The lowest BCUT2D eigenvalue weighted by Gasteiger charge is -2.41. The minimum absolute atomic E-state index is 0.508. The lowest BCUT2D eigenvalue weighted by atomic mass is 9.90. The quantitative estimate of drug-likeness (QED) is 0.554. The number of rotatable bonds is 0. The van der Waals surface area contributed by atoms with Crippen LogP contribution in [0, 0.1) is 0 Å². The molecule has 3 heteroatoms. The van der Waals surface area contributed by atoms with Gasteiger partial charge in [0, 0.05) is 23.6 Å². The molecule has 2 aliphatic rings. The SMILES string of the molecule is C1CC2(CCN1)CSCCN2. The number of hydrogen-bond acceptors (Lipinski definition) is 3. The molecule has 2 nitrogen and oxygen atoms in total.